The van der Waals surface area contributed by atoms with Gasteiger partial charge < -0.3 is 5.32 Å². The molecule has 84 valence electrons. The number of nitrogens with zero attached hydrogens (tertiary/aromatic N) is 1. The second kappa shape index (κ2) is 3.79. The molecular formula is C9H20N2O2S. The average Bonchev–Trinajstić information content (AvgIpc) is 2.10. The Morgan fingerprint density at radius 3 is 2.43 bits per heavy atom. The summed E-state index contributed by atoms with van der Waals surface area (Å²) in [5.41, 5.74) is 0. The van der Waals surface area contributed by atoms with E-state index in [0.29, 0.717) is 13.1 Å². The summed E-state index contributed by atoms with van der Waals surface area (Å²) in [7, 11) is -3.17. The van der Waals surface area contributed by atoms with Crippen LogP contribution in [0, 0.1) is 0 Å². The first kappa shape index (κ1) is 11.9. The van der Waals surface area contributed by atoms with Crippen molar-refractivity contribution in [2.45, 2.75) is 38.5 Å². The Bertz CT molecular complexity index is 296. The summed E-state index contributed by atoms with van der Waals surface area (Å²) in [5.74, 6) is 0. The molecule has 0 unspecified atom stereocenters. The molecule has 0 aliphatic carbocycles. The molecule has 1 fully saturated rings. The van der Waals surface area contributed by atoms with Gasteiger partial charge in [0.1, 0.15) is 0 Å². The van der Waals surface area contributed by atoms with E-state index in [1.54, 1.807) is 18.2 Å². The van der Waals surface area contributed by atoms with Gasteiger partial charge in [0.15, 0.2) is 0 Å². The van der Waals surface area contributed by atoms with Crippen LogP contribution in [0.5, 0.6) is 0 Å². The van der Waals surface area contributed by atoms with E-state index in [2.05, 4.69) is 5.32 Å². The maximum Gasteiger partial charge on any atom is 0.220 e. The number of rotatable bonds is 1. The molecule has 0 spiro atoms. The lowest BCUT2D eigenvalue weighted by Crippen LogP contribution is -2.48. The van der Waals surface area contributed by atoms with Crippen LogP contribution in [0.3, 0.4) is 0 Å². The minimum atomic E-state index is -3.17. The third-order valence-electron chi connectivity index (χ3n) is 2.64. The summed E-state index contributed by atoms with van der Waals surface area (Å²) >= 11 is 0. The van der Waals surface area contributed by atoms with Gasteiger partial charge in [-0.3, -0.25) is 0 Å². The van der Waals surface area contributed by atoms with Crippen molar-refractivity contribution in [3.05, 3.63) is 0 Å². The van der Waals surface area contributed by atoms with E-state index >= 15 is 0 Å². The van der Waals surface area contributed by atoms with Crippen LogP contribution < -0.4 is 5.32 Å². The maximum atomic E-state index is 12.2. The molecule has 1 saturated heterocycles. The fraction of sp³-hybridized carbons (Fsp3) is 1.00. The average molecular weight is 220 g/mol. The number of hydrogen-bond acceptors (Lipinski definition) is 3. The predicted octanol–water partition coefficient (Wildman–Crippen LogP) is 0.408. The lowest BCUT2D eigenvalue weighted by molar-refractivity contribution is 0.356. The van der Waals surface area contributed by atoms with Gasteiger partial charge in [-0.25, -0.2) is 8.42 Å². The van der Waals surface area contributed by atoms with Gasteiger partial charge in [-0.15, -0.1) is 0 Å². The first-order chi connectivity index (χ1) is 6.29. The molecule has 0 aromatic heterocycles. The smallest absolute Gasteiger partial charge is 0.220 e. The maximum absolute atomic E-state index is 12.2. The Kier molecular flexibility index (Phi) is 3.23. The van der Waals surface area contributed by atoms with Gasteiger partial charge in [0.05, 0.1) is 4.75 Å². The van der Waals surface area contributed by atoms with Gasteiger partial charge in [0.25, 0.3) is 0 Å². The zero-order valence-electron chi connectivity index (χ0n) is 9.37. The SMILES string of the molecule is CC(C)N1CCNCC(C)(C)S1(=O)=O. The predicted molar refractivity (Wildman–Crippen MR) is 57.7 cm³/mol. The summed E-state index contributed by atoms with van der Waals surface area (Å²) in [6.07, 6.45) is 0. The van der Waals surface area contributed by atoms with Crippen molar-refractivity contribution in [1.29, 1.82) is 0 Å². The molecule has 0 aromatic rings. The third-order valence-corrected chi connectivity index (χ3v) is 5.41. The molecule has 0 amide bonds. The molecule has 0 saturated carbocycles. The minimum Gasteiger partial charge on any atom is -0.314 e. The second-order valence-corrected chi connectivity index (χ2v) is 7.17. The highest BCUT2D eigenvalue weighted by molar-refractivity contribution is 7.90. The van der Waals surface area contributed by atoms with Crippen LogP contribution in [-0.2, 0) is 10.0 Å². The molecule has 0 radical (unpaired) electrons. The topological polar surface area (TPSA) is 49.4 Å². The van der Waals surface area contributed by atoms with Crippen LogP contribution >= 0.6 is 0 Å². The molecule has 1 rings (SSSR count). The van der Waals surface area contributed by atoms with Gasteiger partial charge in [-0.05, 0) is 27.7 Å². The van der Waals surface area contributed by atoms with Crippen LogP contribution in [0.1, 0.15) is 27.7 Å². The van der Waals surface area contributed by atoms with Crippen molar-refractivity contribution in [2.75, 3.05) is 19.6 Å². The summed E-state index contributed by atoms with van der Waals surface area (Å²) in [4.78, 5) is 0. The van der Waals surface area contributed by atoms with Crippen LogP contribution in [0.2, 0.25) is 0 Å². The van der Waals surface area contributed by atoms with Crippen molar-refractivity contribution >= 4 is 10.0 Å². The molecule has 1 aliphatic heterocycles. The summed E-state index contributed by atoms with van der Waals surface area (Å²) in [6.45, 7) is 9.22. The normalized spacial score (nSPS) is 27.5. The highest BCUT2D eigenvalue weighted by atomic mass is 32.2. The quantitative estimate of drug-likeness (QED) is 0.696. The summed E-state index contributed by atoms with van der Waals surface area (Å²) in [6, 6.07) is 0.0409. The van der Waals surface area contributed by atoms with E-state index in [0.717, 1.165) is 6.54 Å². The van der Waals surface area contributed by atoms with Crippen molar-refractivity contribution in [3.8, 4) is 0 Å². The van der Waals surface area contributed by atoms with Crippen LogP contribution in [0.15, 0.2) is 0 Å². The lowest BCUT2D eigenvalue weighted by atomic mass is 10.2. The van der Waals surface area contributed by atoms with Crippen molar-refractivity contribution in [3.63, 3.8) is 0 Å². The Balaban J connectivity index is 3.08. The van der Waals surface area contributed by atoms with Crippen molar-refractivity contribution in [2.24, 2.45) is 0 Å². The third kappa shape index (κ3) is 1.94. The highest BCUT2D eigenvalue weighted by Crippen LogP contribution is 2.23. The number of sulfonamides is 1. The number of nitrogens with one attached hydrogen (secondary N) is 1. The minimum absolute atomic E-state index is 0.0409. The van der Waals surface area contributed by atoms with Crippen molar-refractivity contribution < 1.29 is 8.42 Å². The van der Waals surface area contributed by atoms with E-state index in [1.165, 1.54) is 0 Å². The molecule has 14 heavy (non-hydrogen) atoms. The Labute approximate surface area is 86.7 Å². The Morgan fingerprint density at radius 2 is 1.93 bits per heavy atom. The van der Waals surface area contributed by atoms with E-state index < -0.39 is 14.8 Å². The van der Waals surface area contributed by atoms with Gasteiger partial charge in [-0.2, -0.15) is 4.31 Å². The van der Waals surface area contributed by atoms with E-state index in [1.807, 2.05) is 13.8 Å². The van der Waals surface area contributed by atoms with Crippen LogP contribution in [-0.4, -0.2) is 43.1 Å². The molecule has 4 nitrogen and oxygen atoms in total. The fourth-order valence-electron chi connectivity index (χ4n) is 1.64. The Hall–Kier alpha value is -0.130. The summed E-state index contributed by atoms with van der Waals surface area (Å²) in [5, 5.41) is 3.16. The van der Waals surface area contributed by atoms with Gasteiger partial charge in [0, 0.05) is 25.7 Å². The molecule has 0 aromatic carbocycles. The van der Waals surface area contributed by atoms with Gasteiger partial charge >= 0.3 is 0 Å². The monoisotopic (exact) mass is 220 g/mol. The molecule has 1 heterocycles. The standard InChI is InChI=1S/C9H20N2O2S/c1-8(2)11-6-5-10-7-9(3,4)14(11,12)13/h8,10H,5-7H2,1-4H3. The lowest BCUT2D eigenvalue weighted by Gasteiger charge is -2.31. The first-order valence-corrected chi connectivity index (χ1v) is 6.45. The van der Waals surface area contributed by atoms with Crippen molar-refractivity contribution in [1.82, 2.24) is 9.62 Å². The molecule has 1 N–H and O–H groups in total. The van der Waals surface area contributed by atoms with E-state index in [9.17, 15) is 8.42 Å². The first-order valence-electron chi connectivity index (χ1n) is 5.01. The fourth-order valence-corrected chi connectivity index (χ4v) is 3.45. The van der Waals surface area contributed by atoms with E-state index in [4.69, 9.17) is 0 Å². The van der Waals surface area contributed by atoms with Crippen LogP contribution in [0.25, 0.3) is 0 Å². The largest absolute Gasteiger partial charge is 0.314 e. The second-order valence-electron chi connectivity index (χ2n) is 4.65. The highest BCUT2D eigenvalue weighted by Gasteiger charge is 2.41. The Morgan fingerprint density at radius 1 is 1.36 bits per heavy atom. The molecular weight excluding hydrogens is 200 g/mol. The molecule has 0 atom stereocenters. The van der Waals surface area contributed by atoms with Gasteiger partial charge in [0.2, 0.25) is 10.0 Å². The van der Waals surface area contributed by atoms with Gasteiger partial charge in [-0.1, -0.05) is 0 Å². The van der Waals surface area contributed by atoms with E-state index in [-0.39, 0.29) is 6.04 Å². The molecule has 1 aliphatic rings. The summed E-state index contributed by atoms with van der Waals surface area (Å²) < 4.78 is 25.3. The van der Waals surface area contributed by atoms with Crippen LogP contribution in [0.4, 0.5) is 0 Å². The number of hydrogen-bond donors (Lipinski definition) is 1. The molecule has 5 heteroatoms. The molecule has 0 bridgehead atoms. The zero-order chi connectivity index (χ0) is 11.0. The zero-order valence-corrected chi connectivity index (χ0v) is 10.2.